The highest BCUT2D eigenvalue weighted by atomic mass is 32.2. The molecule has 3 N–H and O–H groups in total. The Hall–Kier alpha value is -3.43. The standard InChI is InChI=1S/C17H11N5O5S/c18-7-9-2-4-14-12(5-9)15(23)16-20-13-3-1-10(8-21(19)28(25,26)27)6-11(13)17(24)22(14)16/h1-6H,8,19H2,(H,25,26,27). The first-order valence-electron chi connectivity index (χ1n) is 7.85. The maximum Gasteiger partial charge on any atom is 0.349 e. The van der Waals surface area contributed by atoms with Crippen LogP contribution in [-0.2, 0) is 16.8 Å². The van der Waals surface area contributed by atoms with E-state index in [1.165, 1.54) is 36.4 Å². The van der Waals surface area contributed by atoms with Gasteiger partial charge in [0.15, 0.2) is 5.82 Å². The van der Waals surface area contributed by atoms with Crippen LogP contribution >= 0.6 is 0 Å². The van der Waals surface area contributed by atoms with Crippen LogP contribution in [0, 0.1) is 11.3 Å². The number of benzene rings is 2. The van der Waals surface area contributed by atoms with Crippen molar-refractivity contribution in [1.82, 2.24) is 14.0 Å². The van der Waals surface area contributed by atoms with Crippen LogP contribution in [0.3, 0.4) is 0 Å². The Labute approximate surface area is 157 Å². The number of nitrogens with two attached hydrogens (primary N) is 1. The molecule has 3 aromatic rings. The first-order valence-corrected chi connectivity index (χ1v) is 9.25. The molecule has 11 heteroatoms. The molecule has 0 spiro atoms. The van der Waals surface area contributed by atoms with E-state index in [2.05, 4.69) is 4.98 Å². The quantitative estimate of drug-likeness (QED) is 0.283. The van der Waals surface area contributed by atoms with Crippen LogP contribution in [0.4, 0.5) is 0 Å². The van der Waals surface area contributed by atoms with Gasteiger partial charge in [0.1, 0.15) is 0 Å². The van der Waals surface area contributed by atoms with Crippen molar-refractivity contribution in [1.29, 1.82) is 5.26 Å². The molecule has 28 heavy (non-hydrogen) atoms. The largest absolute Gasteiger partial charge is 0.349 e. The lowest BCUT2D eigenvalue weighted by atomic mass is 10.1. The van der Waals surface area contributed by atoms with Crippen molar-refractivity contribution in [3.8, 4) is 11.8 Å². The molecule has 0 bridgehead atoms. The predicted molar refractivity (Wildman–Crippen MR) is 96.8 cm³/mol. The zero-order valence-corrected chi connectivity index (χ0v) is 14.8. The molecule has 2 aromatic carbocycles. The number of rotatable bonds is 3. The Morgan fingerprint density at radius 1 is 1.21 bits per heavy atom. The molecule has 0 saturated heterocycles. The van der Waals surface area contributed by atoms with Gasteiger partial charge in [0, 0.05) is 0 Å². The molecule has 1 aromatic heterocycles. The zero-order valence-electron chi connectivity index (χ0n) is 14.0. The SMILES string of the molecule is N#Cc1ccc2c(c1)C(=O)c1nc3ccc(CN(N)S(=O)(=O)O)cc3c(=O)n1-2. The number of hydrazine groups is 1. The van der Waals surface area contributed by atoms with Gasteiger partial charge in [0.25, 0.3) is 5.56 Å². The van der Waals surface area contributed by atoms with Gasteiger partial charge in [-0.3, -0.25) is 24.6 Å². The highest BCUT2D eigenvalue weighted by Crippen LogP contribution is 2.27. The smallest absolute Gasteiger partial charge is 0.285 e. The monoisotopic (exact) mass is 397 g/mol. The van der Waals surface area contributed by atoms with Crippen LogP contribution in [0.1, 0.15) is 27.3 Å². The zero-order chi connectivity index (χ0) is 20.2. The molecule has 0 unspecified atom stereocenters. The third-order valence-electron chi connectivity index (χ3n) is 4.38. The number of nitrogens with zero attached hydrogens (tertiary/aromatic N) is 4. The first kappa shape index (κ1) is 18.0. The van der Waals surface area contributed by atoms with Crippen molar-refractivity contribution in [2.75, 3.05) is 0 Å². The number of carbonyl (C=O) groups is 1. The van der Waals surface area contributed by atoms with E-state index in [0.29, 0.717) is 11.3 Å². The minimum Gasteiger partial charge on any atom is -0.285 e. The van der Waals surface area contributed by atoms with Crippen LogP contribution in [0.25, 0.3) is 16.6 Å². The van der Waals surface area contributed by atoms with Gasteiger partial charge < -0.3 is 0 Å². The van der Waals surface area contributed by atoms with Gasteiger partial charge in [0.2, 0.25) is 5.78 Å². The number of hydrogen-bond donors (Lipinski definition) is 2. The Balaban J connectivity index is 1.90. The molecule has 4 rings (SSSR count). The van der Waals surface area contributed by atoms with Crippen molar-refractivity contribution in [2.24, 2.45) is 5.84 Å². The van der Waals surface area contributed by atoms with Gasteiger partial charge in [-0.1, -0.05) is 6.07 Å². The molecule has 10 nitrogen and oxygen atoms in total. The third kappa shape index (κ3) is 2.68. The average molecular weight is 397 g/mol. The summed E-state index contributed by atoms with van der Waals surface area (Å²) in [6.45, 7) is -0.364. The van der Waals surface area contributed by atoms with Crippen molar-refractivity contribution in [2.45, 2.75) is 6.54 Å². The number of nitriles is 1. The maximum atomic E-state index is 13.0. The third-order valence-corrected chi connectivity index (χ3v) is 5.10. The van der Waals surface area contributed by atoms with Crippen LogP contribution in [0.5, 0.6) is 0 Å². The lowest BCUT2D eigenvalue weighted by Gasteiger charge is -2.12. The van der Waals surface area contributed by atoms with E-state index in [1.54, 1.807) is 0 Å². The van der Waals surface area contributed by atoms with E-state index < -0.39 is 21.6 Å². The summed E-state index contributed by atoms with van der Waals surface area (Å²) in [7, 11) is -4.59. The summed E-state index contributed by atoms with van der Waals surface area (Å²) < 4.78 is 32.5. The molecule has 0 radical (unpaired) electrons. The molecule has 1 aliphatic heterocycles. The van der Waals surface area contributed by atoms with Crippen LogP contribution in [0.2, 0.25) is 0 Å². The van der Waals surface area contributed by atoms with E-state index >= 15 is 0 Å². The van der Waals surface area contributed by atoms with Crippen molar-refractivity contribution in [3.63, 3.8) is 0 Å². The minimum atomic E-state index is -4.59. The highest BCUT2D eigenvalue weighted by Gasteiger charge is 2.30. The van der Waals surface area contributed by atoms with Gasteiger partial charge in [-0.05, 0) is 35.9 Å². The maximum absolute atomic E-state index is 13.0. The Morgan fingerprint density at radius 2 is 1.96 bits per heavy atom. The summed E-state index contributed by atoms with van der Waals surface area (Å²) in [4.78, 5) is 29.9. The Morgan fingerprint density at radius 3 is 2.64 bits per heavy atom. The minimum absolute atomic E-state index is 0.0614. The molecule has 0 saturated carbocycles. The predicted octanol–water partition coefficient (Wildman–Crippen LogP) is 0.280. The fourth-order valence-electron chi connectivity index (χ4n) is 3.07. The van der Waals surface area contributed by atoms with E-state index in [-0.39, 0.29) is 38.8 Å². The van der Waals surface area contributed by atoms with Crippen LogP contribution < -0.4 is 11.4 Å². The van der Waals surface area contributed by atoms with Crippen molar-refractivity contribution in [3.05, 3.63) is 69.3 Å². The number of carbonyl (C=O) groups excluding carboxylic acids is 1. The van der Waals surface area contributed by atoms with Crippen molar-refractivity contribution < 1.29 is 17.8 Å². The molecule has 2 heterocycles. The van der Waals surface area contributed by atoms with E-state index in [9.17, 15) is 18.0 Å². The first-order chi connectivity index (χ1) is 13.2. The van der Waals surface area contributed by atoms with Gasteiger partial charge in [0.05, 0.1) is 40.3 Å². The molecular weight excluding hydrogens is 386 g/mol. The number of fused-ring (bicyclic) bond motifs is 4. The second-order valence-corrected chi connectivity index (χ2v) is 7.49. The Bertz CT molecular complexity index is 1390. The highest BCUT2D eigenvalue weighted by molar-refractivity contribution is 7.83. The van der Waals surface area contributed by atoms with Gasteiger partial charge in [-0.2, -0.15) is 13.7 Å². The summed E-state index contributed by atoms with van der Waals surface area (Å²) in [5.41, 5.74) is 0.886. The van der Waals surface area contributed by atoms with E-state index in [1.807, 2.05) is 6.07 Å². The van der Waals surface area contributed by atoms with Gasteiger partial charge in [-0.25, -0.2) is 4.98 Å². The lowest BCUT2D eigenvalue weighted by Crippen LogP contribution is -2.36. The van der Waals surface area contributed by atoms with Crippen molar-refractivity contribution >= 4 is 27.0 Å². The molecule has 0 aliphatic carbocycles. The average Bonchev–Trinajstić information content (AvgIpc) is 2.93. The molecule has 0 amide bonds. The summed E-state index contributed by atoms with van der Waals surface area (Å²) >= 11 is 0. The van der Waals surface area contributed by atoms with Gasteiger partial charge in [-0.15, -0.1) is 4.41 Å². The second kappa shape index (κ2) is 6.04. The van der Waals surface area contributed by atoms with Gasteiger partial charge >= 0.3 is 10.3 Å². The molecule has 140 valence electrons. The lowest BCUT2D eigenvalue weighted by molar-refractivity contribution is 0.103. The van der Waals surface area contributed by atoms with Crippen LogP contribution in [0.15, 0.2) is 41.2 Å². The molecule has 1 aliphatic rings. The fourth-order valence-corrected chi connectivity index (χ4v) is 3.38. The second-order valence-electron chi connectivity index (χ2n) is 6.12. The van der Waals surface area contributed by atoms with E-state index in [4.69, 9.17) is 15.7 Å². The number of aromatic nitrogens is 2. The van der Waals surface area contributed by atoms with E-state index in [0.717, 1.165) is 4.57 Å². The Kier molecular flexibility index (Phi) is 3.88. The summed E-state index contributed by atoms with van der Waals surface area (Å²) in [6.07, 6.45) is 0. The topological polar surface area (TPSA) is 159 Å². The fraction of sp³-hybridized carbons (Fsp3) is 0.0588. The molecular formula is C17H11N5O5S. The molecule has 0 fully saturated rings. The normalized spacial score (nSPS) is 12.9. The number of ketones is 1. The number of hydrogen-bond acceptors (Lipinski definition) is 7. The summed E-state index contributed by atoms with van der Waals surface area (Å²) in [6, 6.07) is 10.7. The molecule has 0 atom stereocenters. The summed E-state index contributed by atoms with van der Waals surface area (Å²) in [5.74, 6) is 4.76. The summed E-state index contributed by atoms with van der Waals surface area (Å²) in [5, 5.41) is 9.17. The van der Waals surface area contributed by atoms with Crippen LogP contribution in [-0.4, -0.2) is 32.7 Å².